The lowest BCUT2D eigenvalue weighted by Crippen LogP contribution is -2.39. The van der Waals surface area contributed by atoms with Crippen LogP contribution in [0.15, 0.2) is 42.6 Å². The summed E-state index contributed by atoms with van der Waals surface area (Å²) in [6, 6.07) is 9.26. The summed E-state index contributed by atoms with van der Waals surface area (Å²) in [7, 11) is 0. The van der Waals surface area contributed by atoms with E-state index in [1.165, 1.54) is 31.6 Å². The second-order valence-electron chi connectivity index (χ2n) is 8.55. The van der Waals surface area contributed by atoms with Gasteiger partial charge in [0, 0.05) is 44.0 Å². The van der Waals surface area contributed by atoms with Crippen molar-refractivity contribution in [2.24, 2.45) is 11.8 Å². The highest BCUT2D eigenvalue weighted by Gasteiger charge is 2.20. The normalized spacial score (nSPS) is 19.1. The Kier molecular flexibility index (Phi) is 8.64. The van der Waals surface area contributed by atoms with Crippen molar-refractivity contribution in [1.82, 2.24) is 20.5 Å². The summed E-state index contributed by atoms with van der Waals surface area (Å²) in [6.45, 7) is 9.02. The molecule has 0 saturated carbocycles. The summed E-state index contributed by atoms with van der Waals surface area (Å²) in [5.74, 6) is 1.88. The van der Waals surface area contributed by atoms with Crippen molar-refractivity contribution < 1.29 is 13.9 Å². The quantitative estimate of drug-likeness (QED) is 0.574. The number of rotatable bonds is 9. The second kappa shape index (κ2) is 11.6. The summed E-state index contributed by atoms with van der Waals surface area (Å²) in [6.07, 6.45) is 4.95. The molecule has 168 valence electrons. The van der Waals surface area contributed by atoms with Crippen LogP contribution in [0.25, 0.3) is 0 Å². The van der Waals surface area contributed by atoms with Crippen LogP contribution in [-0.2, 0) is 6.54 Å². The number of likely N-dealkylation sites (tertiary alicyclic amines) is 1. The number of benzene rings is 1. The maximum atomic E-state index is 13.4. The van der Waals surface area contributed by atoms with Gasteiger partial charge in [-0.2, -0.15) is 0 Å². The van der Waals surface area contributed by atoms with Crippen LogP contribution >= 0.6 is 0 Å². The highest BCUT2D eigenvalue weighted by Crippen LogP contribution is 2.23. The standard InChI is InChI=1S/C24H33FN4O2/c1-18-13-19(2)17-29(16-18)12-4-3-10-27-24(30)28-15-20-7-6-11-26-23(20)31-22-9-5-8-21(25)14-22/h5-9,11,14,18-19H,3-4,10,12-13,15-17H2,1-2H3,(H2,27,28,30). The van der Waals surface area contributed by atoms with E-state index in [0.717, 1.165) is 36.8 Å². The molecule has 3 rings (SSSR count). The first kappa shape index (κ1) is 23.0. The Morgan fingerprint density at radius 3 is 2.74 bits per heavy atom. The predicted molar refractivity (Wildman–Crippen MR) is 120 cm³/mol. The fourth-order valence-electron chi connectivity index (χ4n) is 4.17. The molecule has 0 radical (unpaired) electrons. The van der Waals surface area contributed by atoms with Gasteiger partial charge in [0.2, 0.25) is 5.88 Å². The Hall–Kier alpha value is -2.67. The van der Waals surface area contributed by atoms with Gasteiger partial charge in [-0.1, -0.05) is 26.0 Å². The van der Waals surface area contributed by atoms with Crippen molar-refractivity contribution in [1.29, 1.82) is 0 Å². The second-order valence-corrected chi connectivity index (χ2v) is 8.55. The maximum Gasteiger partial charge on any atom is 0.315 e. The number of nitrogens with zero attached hydrogens (tertiary/aromatic N) is 2. The van der Waals surface area contributed by atoms with E-state index in [1.54, 1.807) is 24.4 Å². The Labute approximate surface area is 184 Å². The number of piperidine rings is 1. The average molecular weight is 429 g/mol. The van der Waals surface area contributed by atoms with Gasteiger partial charge in [0.15, 0.2) is 0 Å². The minimum atomic E-state index is -0.378. The third kappa shape index (κ3) is 7.83. The molecule has 0 aliphatic carbocycles. The van der Waals surface area contributed by atoms with Gasteiger partial charge in [0.1, 0.15) is 11.6 Å². The molecular formula is C24H33FN4O2. The van der Waals surface area contributed by atoms with E-state index in [-0.39, 0.29) is 18.4 Å². The van der Waals surface area contributed by atoms with Crippen molar-refractivity contribution in [3.63, 3.8) is 0 Å². The van der Waals surface area contributed by atoms with Gasteiger partial charge < -0.3 is 20.3 Å². The zero-order chi connectivity index (χ0) is 22.1. The number of pyridine rings is 1. The number of ether oxygens (including phenoxy) is 1. The van der Waals surface area contributed by atoms with Crippen molar-refractivity contribution >= 4 is 6.03 Å². The number of carbonyl (C=O) groups excluding carboxylic acids is 1. The van der Waals surface area contributed by atoms with Gasteiger partial charge in [0.05, 0.1) is 0 Å². The lowest BCUT2D eigenvalue weighted by Gasteiger charge is -2.34. The molecule has 2 amide bonds. The number of carbonyl (C=O) groups is 1. The van der Waals surface area contributed by atoms with E-state index in [0.29, 0.717) is 18.2 Å². The predicted octanol–water partition coefficient (Wildman–Crippen LogP) is 4.57. The molecule has 0 bridgehead atoms. The van der Waals surface area contributed by atoms with E-state index >= 15 is 0 Å². The lowest BCUT2D eigenvalue weighted by atomic mass is 9.92. The zero-order valence-electron chi connectivity index (χ0n) is 18.4. The summed E-state index contributed by atoms with van der Waals surface area (Å²) in [4.78, 5) is 18.9. The first-order valence-corrected chi connectivity index (χ1v) is 11.1. The number of hydrogen-bond acceptors (Lipinski definition) is 4. The molecule has 1 aromatic carbocycles. The molecule has 1 aliphatic heterocycles. The monoisotopic (exact) mass is 428 g/mol. The molecule has 0 spiro atoms. The van der Waals surface area contributed by atoms with E-state index in [1.807, 2.05) is 6.07 Å². The highest BCUT2D eigenvalue weighted by molar-refractivity contribution is 5.73. The molecule has 2 N–H and O–H groups in total. The molecular weight excluding hydrogens is 395 g/mol. The molecule has 1 aliphatic rings. The number of nitrogens with one attached hydrogen (secondary N) is 2. The molecule has 2 unspecified atom stereocenters. The number of unbranched alkanes of at least 4 members (excludes halogenated alkanes) is 1. The smallest absolute Gasteiger partial charge is 0.315 e. The molecule has 1 fully saturated rings. The van der Waals surface area contributed by atoms with Crippen LogP contribution in [0, 0.1) is 17.7 Å². The number of hydrogen-bond donors (Lipinski definition) is 2. The SMILES string of the molecule is CC1CC(C)CN(CCCCNC(=O)NCc2cccnc2Oc2cccc(F)c2)C1. The van der Waals surface area contributed by atoms with Gasteiger partial charge in [0.25, 0.3) is 0 Å². The molecule has 31 heavy (non-hydrogen) atoms. The van der Waals surface area contributed by atoms with E-state index in [4.69, 9.17) is 4.74 Å². The van der Waals surface area contributed by atoms with Crippen molar-refractivity contribution in [3.8, 4) is 11.6 Å². The first-order valence-electron chi connectivity index (χ1n) is 11.1. The van der Waals surface area contributed by atoms with Crippen LogP contribution < -0.4 is 15.4 Å². The van der Waals surface area contributed by atoms with Crippen LogP contribution in [0.3, 0.4) is 0 Å². The van der Waals surface area contributed by atoms with Crippen LogP contribution in [-0.4, -0.2) is 42.1 Å². The average Bonchev–Trinajstić information content (AvgIpc) is 2.72. The minimum absolute atomic E-state index is 0.222. The number of aromatic nitrogens is 1. The summed E-state index contributed by atoms with van der Waals surface area (Å²) in [5.41, 5.74) is 0.718. The summed E-state index contributed by atoms with van der Waals surface area (Å²) < 4.78 is 19.1. The fraction of sp³-hybridized carbons (Fsp3) is 0.500. The lowest BCUT2D eigenvalue weighted by molar-refractivity contribution is 0.139. The topological polar surface area (TPSA) is 66.5 Å². The van der Waals surface area contributed by atoms with Gasteiger partial charge in [-0.25, -0.2) is 14.2 Å². The number of halogens is 1. The van der Waals surface area contributed by atoms with Crippen molar-refractivity contribution in [2.75, 3.05) is 26.2 Å². The fourth-order valence-corrected chi connectivity index (χ4v) is 4.17. The zero-order valence-corrected chi connectivity index (χ0v) is 18.4. The number of amides is 2. The Morgan fingerprint density at radius 2 is 1.97 bits per heavy atom. The van der Waals surface area contributed by atoms with Crippen molar-refractivity contribution in [3.05, 3.63) is 54.0 Å². The summed E-state index contributed by atoms with van der Waals surface area (Å²) in [5, 5.41) is 5.74. The third-order valence-electron chi connectivity index (χ3n) is 5.43. The molecule has 1 saturated heterocycles. The molecule has 6 nitrogen and oxygen atoms in total. The van der Waals surface area contributed by atoms with E-state index in [2.05, 4.69) is 34.4 Å². The van der Waals surface area contributed by atoms with Gasteiger partial charge >= 0.3 is 6.03 Å². The van der Waals surface area contributed by atoms with Crippen molar-refractivity contribution in [2.45, 2.75) is 39.7 Å². The maximum absolute atomic E-state index is 13.4. The van der Waals surface area contributed by atoms with E-state index in [9.17, 15) is 9.18 Å². The Balaban J connectivity index is 1.36. The largest absolute Gasteiger partial charge is 0.439 e. The first-order chi connectivity index (χ1) is 15.0. The molecule has 2 aromatic rings. The molecule has 2 atom stereocenters. The van der Waals surface area contributed by atoms with Crippen LogP contribution in [0.1, 0.15) is 38.7 Å². The van der Waals surface area contributed by atoms with Crippen LogP contribution in [0.2, 0.25) is 0 Å². The van der Waals surface area contributed by atoms with E-state index < -0.39 is 0 Å². The summed E-state index contributed by atoms with van der Waals surface area (Å²) >= 11 is 0. The Morgan fingerprint density at radius 1 is 1.16 bits per heavy atom. The molecule has 1 aromatic heterocycles. The molecule has 2 heterocycles. The van der Waals surface area contributed by atoms with Crippen LogP contribution in [0.5, 0.6) is 11.6 Å². The Bertz CT molecular complexity index is 838. The molecule has 7 heteroatoms. The van der Waals surface area contributed by atoms with Crippen LogP contribution in [0.4, 0.5) is 9.18 Å². The van der Waals surface area contributed by atoms with Gasteiger partial charge in [-0.3, -0.25) is 0 Å². The van der Waals surface area contributed by atoms with Gasteiger partial charge in [-0.05, 0) is 55.8 Å². The minimum Gasteiger partial charge on any atom is -0.439 e. The number of urea groups is 1. The third-order valence-corrected chi connectivity index (χ3v) is 5.43. The highest BCUT2D eigenvalue weighted by atomic mass is 19.1. The van der Waals surface area contributed by atoms with Gasteiger partial charge in [-0.15, -0.1) is 0 Å².